The molecule has 5 heteroatoms. The van der Waals surface area contributed by atoms with Gasteiger partial charge >= 0.3 is 0 Å². The number of para-hydroxylation sites is 1. The zero-order valence-corrected chi connectivity index (χ0v) is 8.89. The van der Waals surface area contributed by atoms with E-state index in [1.54, 1.807) is 0 Å². The number of carbonyl (C=O) groups is 1. The van der Waals surface area contributed by atoms with Gasteiger partial charge in [-0.3, -0.25) is 4.79 Å². The Balaban J connectivity index is 2.07. The van der Waals surface area contributed by atoms with Gasteiger partial charge in [-0.05, 0) is 18.6 Å². The molecule has 0 saturated heterocycles. The van der Waals surface area contributed by atoms with Crippen molar-refractivity contribution in [2.24, 2.45) is 5.16 Å². The summed E-state index contributed by atoms with van der Waals surface area (Å²) in [5.74, 6) is -0.387. The summed E-state index contributed by atoms with van der Waals surface area (Å²) in [6.07, 6.45) is 1.64. The lowest BCUT2D eigenvalue weighted by atomic mass is 10.3. The smallest absolute Gasteiger partial charge is 0.265 e. The van der Waals surface area contributed by atoms with Gasteiger partial charge < -0.3 is 15.8 Å². The summed E-state index contributed by atoms with van der Waals surface area (Å²) < 4.78 is 0. The highest BCUT2D eigenvalue weighted by Crippen LogP contribution is 2.03. The van der Waals surface area contributed by atoms with Crippen molar-refractivity contribution in [1.29, 1.82) is 0 Å². The minimum atomic E-state index is -0.387. The van der Waals surface area contributed by atoms with Crippen LogP contribution in [0.4, 0.5) is 5.69 Å². The number of carbonyl (C=O) groups excluding carboxylic acids is 1. The van der Waals surface area contributed by atoms with Gasteiger partial charge in [-0.2, -0.15) is 0 Å². The maximum absolute atomic E-state index is 10.8. The van der Waals surface area contributed by atoms with E-state index in [4.69, 9.17) is 5.21 Å². The number of anilines is 1. The van der Waals surface area contributed by atoms with Crippen molar-refractivity contribution in [1.82, 2.24) is 5.32 Å². The second-order valence-electron chi connectivity index (χ2n) is 3.18. The average Bonchev–Trinajstić information content (AvgIpc) is 2.30. The van der Waals surface area contributed by atoms with Crippen LogP contribution >= 0.6 is 0 Å². The quantitative estimate of drug-likeness (QED) is 0.291. The Morgan fingerprint density at radius 3 is 2.75 bits per heavy atom. The molecule has 0 fully saturated rings. The fourth-order valence-electron chi connectivity index (χ4n) is 1.19. The van der Waals surface area contributed by atoms with Crippen LogP contribution in [0.5, 0.6) is 0 Å². The zero-order valence-electron chi connectivity index (χ0n) is 8.89. The molecule has 1 rings (SSSR count). The van der Waals surface area contributed by atoms with Crippen LogP contribution in [0.2, 0.25) is 0 Å². The maximum atomic E-state index is 10.8. The van der Waals surface area contributed by atoms with Gasteiger partial charge in [0.1, 0.15) is 6.21 Å². The van der Waals surface area contributed by atoms with Crippen LogP contribution in [0, 0.1) is 0 Å². The molecule has 1 aromatic carbocycles. The average molecular weight is 221 g/mol. The molecule has 5 nitrogen and oxygen atoms in total. The minimum absolute atomic E-state index is 0.387. The predicted octanol–water partition coefficient (Wildman–Crippen LogP) is 1.06. The first-order valence-corrected chi connectivity index (χ1v) is 5.07. The van der Waals surface area contributed by atoms with Crippen molar-refractivity contribution >= 4 is 17.8 Å². The first-order valence-electron chi connectivity index (χ1n) is 5.07. The van der Waals surface area contributed by atoms with E-state index in [0.717, 1.165) is 24.9 Å². The molecule has 0 unspecified atom stereocenters. The lowest BCUT2D eigenvalue weighted by molar-refractivity contribution is -0.114. The van der Waals surface area contributed by atoms with Crippen LogP contribution < -0.4 is 10.6 Å². The van der Waals surface area contributed by atoms with Crippen LogP contribution in [-0.4, -0.2) is 30.4 Å². The number of hydrogen-bond acceptors (Lipinski definition) is 4. The Hall–Kier alpha value is -2.04. The Bertz CT molecular complexity index is 338. The van der Waals surface area contributed by atoms with E-state index in [2.05, 4.69) is 15.8 Å². The summed E-state index contributed by atoms with van der Waals surface area (Å²) in [7, 11) is 0. The Morgan fingerprint density at radius 2 is 2.06 bits per heavy atom. The molecule has 0 aliphatic carbocycles. The Kier molecular flexibility index (Phi) is 5.47. The summed E-state index contributed by atoms with van der Waals surface area (Å²) in [4.78, 5) is 10.8. The highest BCUT2D eigenvalue weighted by molar-refractivity contribution is 6.25. The fourth-order valence-corrected chi connectivity index (χ4v) is 1.19. The summed E-state index contributed by atoms with van der Waals surface area (Å²) in [6, 6.07) is 9.84. The highest BCUT2D eigenvalue weighted by atomic mass is 16.4. The van der Waals surface area contributed by atoms with Crippen molar-refractivity contribution in [2.45, 2.75) is 6.42 Å². The molecule has 0 aromatic heterocycles. The summed E-state index contributed by atoms with van der Waals surface area (Å²) >= 11 is 0. The molecule has 86 valence electrons. The van der Waals surface area contributed by atoms with Crippen LogP contribution in [-0.2, 0) is 4.79 Å². The molecule has 0 aliphatic heterocycles. The van der Waals surface area contributed by atoms with Crippen LogP contribution in [0.15, 0.2) is 35.5 Å². The Morgan fingerprint density at radius 1 is 1.31 bits per heavy atom. The molecule has 16 heavy (non-hydrogen) atoms. The number of nitrogens with zero attached hydrogens (tertiary/aromatic N) is 1. The van der Waals surface area contributed by atoms with E-state index in [9.17, 15) is 4.79 Å². The number of rotatable bonds is 6. The van der Waals surface area contributed by atoms with Gasteiger partial charge in [0.15, 0.2) is 0 Å². The molecular formula is C11H15N3O2. The number of hydrogen-bond donors (Lipinski definition) is 3. The first-order chi connectivity index (χ1) is 7.83. The summed E-state index contributed by atoms with van der Waals surface area (Å²) in [6.45, 7) is 1.32. The molecular weight excluding hydrogens is 206 g/mol. The molecule has 1 amide bonds. The van der Waals surface area contributed by atoms with Crippen LogP contribution in [0.3, 0.4) is 0 Å². The normalized spacial score (nSPS) is 10.2. The van der Waals surface area contributed by atoms with Crippen LogP contribution in [0.1, 0.15) is 6.42 Å². The molecule has 0 bridgehead atoms. The van der Waals surface area contributed by atoms with E-state index in [1.165, 1.54) is 0 Å². The molecule has 0 aliphatic rings. The summed E-state index contributed by atoms with van der Waals surface area (Å²) in [5, 5.41) is 16.5. The van der Waals surface area contributed by atoms with Crippen molar-refractivity contribution in [2.75, 3.05) is 18.4 Å². The van der Waals surface area contributed by atoms with E-state index in [1.807, 2.05) is 30.3 Å². The maximum Gasteiger partial charge on any atom is 0.265 e. The van der Waals surface area contributed by atoms with Gasteiger partial charge in [-0.15, -0.1) is 0 Å². The lowest BCUT2D eigenvalue weighted by Gasteiger charge is -2.05. The number of oxime groups is 1. The SMILES string of the molecule is O=C(C=NO)NCCCNc1ccccc1. The predicted molar refractivity (Wildman–Crippen MR) is 62.8 cm³/mol. The standard InChI is InChI=1S/C11H15N3O2/c15-11(9-14-16)13-8-4-7-12-10-5-2-1-3-6-10/h1-3,5-6,9,12,16H,4,7-8H2,(H,13,15). The highest BCUT2D eigenvalue weighted by Gasteiger charge is 1.95. The molecule has 3 N–H and O–H groups in total. The van der Waals surface area contributed by atoms with Gasteiger partial charge in [0.25, 0.3) is 5.91 Å². The molecule has 0 saturated carbocycles. The third-order valence-electron chi connectivity index (χ3n) is 1.93. The van der Waals surface area contributed by atoms with Crippen molar-refractivity contribution < 1.29 is 10.0 Å². The Labute approximate surface area is 94.2 Å². The molecule has 0 radical (unpaired) electrons. The molecule has 0 spiro atoms. The van der Waals surface area contributed by atoms with Gasteiger partial charge in [0, 0.05) is 18.8 Å². The molecule has 0 atom stereocenters. The third kappa shape index (κ3) is 4.99. The van der Waals surface area contributed by atoms with Gasteiger partial charge in [-0.1, -0.05) is 23.4 Å². The van der Waals surface area contributed by atoms with Gasteiger partial charge in [-0.25, -0.2) is 0 Å². The van der Waals surface area contributed by atoms with E-state index in [-0.39, 0.29) is 5.91 Å². The first kappa shape index (κ1) is 12.0. The molecule has 0 heterocycles. The van der Waals surface area contributed by atoms with E-state index >= 15 is 0 Å². The second-order valence-corrected chi connectivity index (χ2v) is 3.18. The van der Waals surface area contributed by atoms with Crippen molar-refractivity contribution in [3.63, 3.8) is 0 Å². The van der Waals surface area contributed by atoms with Gasteiger partial charge in [0.05, 0.1) is 0 Å². The number of benzene rings is 1. The van der Waals surface area contributed by atoms with Crippen molar-refractivity contribution in [3.8, 4) is 0 Å². The lowest BCUT2D eigenvalue weighted by Crippen LogP contribution is -2.26. The third-order valence-corrected chi connectivity index (χ3v) is 1.93. The minimum Gasteiger partial charge on any atom is -0.411 e. The monoisotopic (exact) mass is 221 g/mol. The second kappa shape index (κ2) is 7.28. The zero-order chi connectivity index (χ0) is 11.6. The number of nitrogens with one attached hydrogen (secondary N) is 2. The summed E-state index contributed by atoms with van der Waals surface area (Å²) in [5.41, 5.74) is 1.06. The topological polar surface area (TPSA) is 73.7 Å². The number of amides is 1. The van der Waals surface area contributed by atoms with E-state index in [0.29, 0.717) is 6.54 Å². The van der Waals surface area contributed by atoms with Gasteiger partial charge in [0.2, 0.25) is 0 Å². The van der Waals surface area contributed by atoms with Crippen LogP contribution in [0.25, 0.3) is 0 Å². The van der Waals surface area contributed by atoms with E-state index < -0.39 is 0 Å². The molecule has 1 aromatic rings. The fraction of sp³-hybridized carbons (Fsp3) is 0.273. The largest absolute Gasteiger partial charge is 0.411 e. The van der Waals surface area contributed by atoms with Crippen molar-refractivity contribution in [3.05, 3.63) is 30.3 Å².